The van der Waals surface area contributed by atoms with E-state index < -0.39 is 6.10 Å². The van der Waals surface area contributed by atoms with Crippen LogP contribution >= 0.6 is 0 Å². The van der Waals surface area contributed by atoms with E-state index in [2.05, 4.69) is 10.3 Å². The highest BCUT2D eigenvalue weighted by molar-refractivity contribution is 5.02. The fraction of sp³-hybridized carbons (Fsp3) is 0.750. The van der Waals surface area contributed by atoms with Crippen molar-refractivity contribution in [1.29, 1.82) is 0 Å². The van der Waals surface area contributed by atoms with Crippen LogP contribution in [0.15, 0.2) is 6.20 Å². The van der Waals surface area contributed by atoms with Crippen molar-refractivity contribution >= 4 is 0 Å². The molecular weight excluding hydrogens is 170 g/mol. The number of aromatic nitrogens is 3. The number of hydrogen-bond acceptors (Lipinski definition) is 4. The molecule has 1 heterocycles. The smallest absolute Gasteiger partial charge is 0.120 e. The summed E-state index contributed by atoms with van der Waals surface area (Å²) in [6.07, 6.45) is 3.26. The van der Waals surface area contributed by atoms with Gasteiger partial charge in [-0.1, -0.05) is 5.21 Å². The molecule has 1 aromatic rings. The van der Waals surface area contributed by atoms with Gasteiger partial charge in [-0.05, 0) is 12.8 Å². The van der Waals surface area contributed by atoms with Gasteiger partial charge in [0, 0.05) is 7.11 Å². The fourth-order valence-corrected chi connectivity index (χ4v) is 1.34. The van der Waals surface area contributed by atoms with Gasteiger partial charge in [-0.2, -0.15) is 0 Å². The third-order valence-electron chi connectivity index (χ3n) is 2.16. The summed E-state index contributed by atoms with van der Waals surface area (Å²) < 4.78 is 6.66. The molecule has 5 heteroatoms. The molecule has 0 amide bonds. The molecule has 13 heavy (non-hydrogen) atoms. The maximum absolute atomic E-state index is 9.64. The summed E-state index contributed by atoms with van der Waals surface area (Å²) in [7, 11) is 1.56. The van der Waals surface area contributed by atoms with E-state index in [0.29, 0.717) is 12.6 Å². The van der Waals surface area contributed by atoms with E-state index in [9.17, 15) is 5.11 Å². The van der Waals surface area contributed by atoms with Gasteiger partial charge in [0.2, 0.25) is 0 Å². The number of ether oxygens (including phenoxy) is 1. The number of rotatable bonds is 4. The number of methoxy groups -OCH3 is 1. The summed E-state index contributed by atoms with van der Waals surface area (Å²) in [5.41, 5.74) is 0.754. The second-order valence-corrected chi connectivity index (χ2v) is 3.31. The maximum atomic E-state index is 9.64. The molecule has 0 spiro atoms. The third-order valence-corrected chi connectivity index (χ3v) is 2.16. The first-order valence-corrected chi connectivity index (χ1v) is 4.40. The molecule has 1 aliphatic rings. The van der Waals surface area contributed by atoms with Crippen LogP contribution in [0.1, 0.15) is 30.7 Å². The van der Waals surface area contributed by atoms with Crippen LogP contribution in [0.2, 0.25) is 0 Å². The molecule has 1 unspecified atom stereocenters. The van der Waals surface area contributed by atoms with Crippen LogP contribution in [0.4, 0.5) is 0 Å². The van der Waals surface area contributed by atoms with Crippen molar-refractivity contribution in [3.05, 3.63) is 11.9 Å². The lowest BCUT2D eigenvalue weighted by molar-refractivity contribution is 0.0585. The van der Waals surface area contributed by atoms with E-state index in [1.165, 1.54) is 0 Å². The van der Waals surface area contributed by atoms with Gasteiger partial charge in [-0.25, -0.2) is 4.68 Å². The molecule has 72 valence electrons. The van der Waals surface area contributed by atoms with Gasteiger partial charge in [0.25, 0.3) is 0 Å². The molecule has 1 N–H and O–H groups in total. The molecule has 1 aliphatic carbocycles. The molecule has 0 aliphatic heterocycles. The Morgan fingerprint density at radius 3 is 3.15 bits per heavy atom. The standard InChI is InChI=1S/C8H13N3O2/c1-13-5-8(12)7-4-9-10-11(7)6-2-3-6/h4,6,8,12H,2-3,5H2,1H3. The normalized spacial score (nSPS) is 18.9. The zero-order valence-electron chi connectivity index (χ0n) is 7.55. The number of aliphatic hydroxyl groups excluding tert-OH is 1. The van der Waals surface area contributed by atoms with Crippen molar-refractivity contribution in [3.8, 4) is 0 Å². The minimum absolute atomic E-state index is 0.292. The van der Waals surface area contributed by atoms with Crippen molar-refractivity contribution in [2.45, 2.75) is 25.0 Å². The Bertz CT molecular complexity index is 283. The molecule has 0 radical (unpaired) electrons. The Morgan fingerprint density at radius 2 is 2.54 bits per heavy atom. The quantitative estimate of drug-likeness (QED) is 0.729. The molecule has 0 aromatic carbocycles. The van der Waals surface area contributed by atoms with Gasteiger partial charge in [-0.3, -0.25) is 0 Å². The number of hydrogen-bond donors (Lipinski definition) is 1. The summed E-state index contributed by atoms with van der Waals surface area (Å²) in [5.74, 6) is 0. The van der Waals surface area contributed by atoms with Crippen molar-refractivity contribution in [1.82, 2.24) is 15.0 Å². The molecule has 1 fully saturated rings. The topological polar surface area (TPSA) is 60.2 Å². The molecule has 0 saturated heterocycles. The van der Waals surface area contributed by atoms with Gasteiger partial charge in [0.15, 0.2) is 0 Å². The third kappa shape index (κ3) is 1.71. The average molecular weight is 183 g/mol. The van der Waals surface area contributed by atoms with Crippen molar-refractivity contribution < 1.29 is 9.84 Å². The molecule has 2 rings (SSSR count). The summed E-state index contributed by atoms with van der Waals surface area (Å²) in [5, 5.41) is 17.4. The average Bonchev–Trinajstić information content (AvgIpc) is 2.84. The van der Waals surface area contributed by atoms with Crippen molar-refractivity contribution in [2.75, 3.05) is 13.7 Å². The van der Waals surface area contributed by atoms with Crippen LogP contribution in [0, 0.1) is 0 Å². The van der Waals surface area contributed by atoms with Crippen LogP contribution in [0.3, 0.4) is 0 Å². The highest BCUT2D eigenvalue weighted by Gasteiger charge is 2.28. The van der Waals surface area contributed by atoms with Gasteiger partial charge in [-0.15, -0.1) is 5.10 Å². The zero-order chi connectivity index (χ0) is 9.26. The van der Waals surface area contributed by atoms with Crippen LogP contribution in [0.5, 0.6) is 0 Å². The highest BCUT2D eigenvalue weighted by atomic mass is 16.5. The minimum atomic E-state index is -0.611. The molecule has 1 aromatic heterocycles. The first kappa shape index (κ1) is 8.65. The number of aliphatic hydroxyl groups is 1. The Balaban J connectivity index is 2.13. The van der Waals surface area contributed by atoms with Crippen LogP contribution in [0.25, 0.3) is 0 Å². The Hall–Kier alpha value is -0.940. The summed E-state index contributed by atoms with van der Waals surface area (Å²) in [4.78, 5) is 0. The van der Waals surface area contributed by atoms with Crippen LogP contribution in [-0.4, -0.2) is 33.8 Å². The Kier molecular flexibility index (Phi) is 2.28. The second kappa shape index (κ2) is 3.43. The van der Waals surface area contributed by atoms with Gasteiger partial charge in [0.05, 0.1) is 24.5 Å². The fourth-order valence-electron chi connectivity index (χ4n) is 1.34. The van der Waals surface area contributed by atoms with E-state index >= 15 is 0 Å². The first-order chi connectivity index (χ1) is 6.33. The Labute approximate surface area is 76.3 Å². The van der Waals surface area contributed by atoms with E-state index in [4.69, 9.17) is 4.74 Å². The van der Waals surface area contributed by atoms with Gasteiger partial charge in [0.1, 0.15) is 6.10 Å². The molecular formula is C8H13N3O2. The molecule has 5 nitrogen and oxygen atoms in total. The SMILES string of the molecule is COCC(O)c1cnnn1C1CC1. The van der Waals surface area contributed by atoms with Gasteiger partial charge >= 0.3 is 0 Å². The summed E-state index contributed by atoms with van der Waals surface area (Å²) in [6.45, 7) is 0.292. The molecule has 1 saturated carbocycles. The summed E-state index contributed by atoms with van der Waals surface area (Å²) in [6, 6.07) is 0.448. The van der Waals surface area contributed by atoms with Crippen LogP contribution in [-0.2, 0) is 4.74 Å². The van der Waals surface area contributed by atoms with E-state index in [1.54, 1.807) is 18.0 Å². The zero-order valence-corrected chi connectivity index (χ0v) is 7.55. The second-order valence-electron chi connectivity index (χ2n) is 3.31. The predicted molar refractivity (Wildman–Crippen MR) is 45.1 cm³/mol. The van der Waals surface area contributed by atoms with E-state index in [0.717, 1.165) is 18.5 Å². The summed E-state index contributed by atoms with van der Waals surface area (Å²) >= 11 is 0. The largest absolute Gasteiger partial charge is 0.384 e. The Morgan fingerprint density at radius 1 is 1.77 bits per heavy atom. The number of nitrogens with zero attached hydrogens (tertiary/aromatic N) is 3. The van der Waals surface area contributed by atoms with Crippen molar-refractivity contribution in [3.63, 3.8) is 0 Å². The lowest BCUT2D eigenvalue weighted by Crippen LogP contribution is -2.11. The van der Waals surface area contributed by atoms with Crippen molar-refractivity contribution in [2.24, 2.45) is 0 Å². The monoisotopic (exact) mass is 183 g/mol. The highest BCUT2D eigenvalue weighted by Crippen LogP contribution is 2.35. The predicted octanol–water partition coefficient (Wildman–Crippen LogP) is 0.293. The molecule has 1 atom stereocenters. The van der Waals surface area contributed by atoms with Crippen LogP contribution < -0.4 is 0 Å². The minimum Gasteiger partial charge on any atom is -0.384 e. The van der Waals surface area contributed by atoms with E-state index in [1.807, 2.05) is 0 Å². The van der Waals surface area contributed by atoms with Gasteiger partial charge < -0.3 is 9.84 Å². The maximum Gasteiger partial charge on any atom is 0.120 e. The molecule has 0 bridgehead atoms. The lowest BCUT2D eigenvalue weighted by atomic mass is 10.3. The lowest BCUT2D eigenvalue weighted by Gasteiger charge is -2.10. The first-order valence-electron chi connectivity index (χ1n) is 4.40. The van der Waals surface area contributed by atoms with E-state index in [-0.39, 0.29) is 0 Å².